The third kappa shape index (κ3) is 3.18. The van der Waals surface area contributed by atoms with Gasteiger partial charge in [0, 0.05) is 12.5 Å². The van der Waals surface area contributed by atoms with Crippen LogP contribution < -0.4 is 9.47 Å². The Balaban J connectivity index is 2.36. The molecule has 0 heterocycles. The second-order valence-electron chi connectivity index (χ2n) is 4.37. The van der Waals surface area contributed by atoms with E-state index in [1.807, 2.05) is 0 Å². The largest absolute Gasteiger partial charge is 0.496 e. The third-order valence-corrected chi connectivity index (χ3v) is 3.07. The van der Waals surface area contributed by atoms with E-state index in [-0.39, 0.29) is 23.3 Å². The number of ketones is 1. The Labute approximate surface area is 121 Å². The Kier molecular flexibility index (Phi) is 4.52. The third-order valence-electron chi connectivity index (χ3n) is 3.07. The maximum atomic E-state index is 13.6. The molecule has 2 aromatic rings. The molecular formula is C16H14F2O3. The van der Waals surface area contributed by atoms with E-state index < -0.39 is 11.6 Å². The lowest BCUT2D eigenvalue weighted by Crippen LogP contribution is -2.09. The van der Waals surface area contributed by atoms with Gasteiger partial charge in [-0.2, -0.15) is 0 Å². The number of methoxy groups -OCH3 is 2. The van der Waals surface area contributed by atoms with Gasteiger partial charge in [-0.25, -0.2) is 8.78 Å². The van der Waals surface area contributed by atoms with Crippen molar-refractivity contribution in [1.82, 2.24) is 0 Å². The average molecular weight is 292 g/mol. The Morgan fingerprint density at radius 2 is 1.67 bits per heavy atom. The smallest absolute Gasteiger partial charge is 0.174 e. The van der Waals surface area contributed by atoms with Gasteiger partial charge < -0.3 is 9.47 Å². The number of hydrogen-bond acceptors (Lipinski definition) is 3. The van der Waals surface area contributed by atoms with Crippen molar-refractivity contribution >= 4 is 5.78 Å². The number of ether oxygens (including phenoxy) is 2. The number of carbonyl (C=O) groups excluding carboxylic acids is 1. The Morgan fingerprint density at radius 3 is 2.19 bits per heavy atom. The summed E-state index contributed by atoms with van der Waals surface area (Å²) in [7, 11) is 2.87. The molecule has 0 fully saturated rings. The molecule has 110 valence electrons. The minimum Gasteiger partial charge on any atom is -0.496 e. The van der Waals surface area contributed by atoms with E-state index in [1.165, 1.54) is 20.3 Å². The number of halogens is 2. The van der Waals surface area contributed by atoms with E-state index in [2.05, 4.69) is 0 Å². The fraction of sp³-hybridized carbons (Fsp3) is 0.188. The number of carbonyl (C=O) groups is 1. The molecule has 3 nitrogen and oxygen atoms in total. The highest BCUT2D eigenvalue weighted by Gasteiger charge is 2.19. The molecule has 0 unspecified atom stereocenters. The predicted octanol–water partition coefficient (Wildman–Crippen LogP) is 3.41. The molecule has 0 bridgehead atoms. The zero-order valence-electron chi connectivity index (χ0n) is 11.7. The molecule has 0 saturated heterocycles. The Morgan fingerprint density at radius 1 is 1.05 bits per heavy atom. The molecule has 0 amide bonds. The summed E-state index contributed by atoms with van der Waals surface area (Å²) < 4.78 is 36.8. The van der Waals surface area contributed by atoms with Gasteiger partial charge in [0.25, 0.3) is 0 Å². The van der Waals surface area contributed by atoms with Crippen molar-refractivity contribution in [2.45, 2.75) is 6.42 Å². The van der Waals surface area contributed by atoms with Crippen LogP contribution in [0.25, 0.3) is 0 Å². The quantitative estimate of drug-likeness (QED) is 0.792. The number of hydrogen-bond donors (Lipinski definition) is 0. The first-order valence-corrected chi connectivity index (χ1v) is 6.25. The van der Waals surface area contributed by atoms with Gasteiger partial charge >= 0.3 is 0 Å². The normalized spacial score (nSPS) is 10.3. The molecular weight excluding hydrogens is 278 g/mol. The van der Waals surface area contributed by atoms with Crippen molar-refractivity contribution in [1.29, 1.82) is 0 Å². The summed E-state index contributed by atoms with van der Waals surface area (Å²) in [5, 5.41) is 0. The van der Waals surface area contributed by atoms with E-state index in [0.717, 1.165) is 12.1 Å². The van der Waals surface area contributed by atoms with Crippen LogP contribution in [0.15, 0.2) is 36.4 Å². The Hall–Kier alpha value is -2.43. The van der Waals surface area contributed by atoms with E-state index in [4.69, 9.17) is 9.47 Å². The van der Waals surface area contributed by atoms with Crippen LogP contribution in [0.3, 0.4) is 0 Å². The van der Waals surface area contributed by atoms with Gasteiger partial charge in [0.2, 0.25) is 0 Å². The summed E-state index contributed by atoms with van der Waals surface area (Å²) in [6.45, 7) is 0. The molecule has 0 aromatic heterocycles. The van der Waals surface area contributed by atoms with E-state index in [0.29, 0.717) is 11.5 Å². The highest BCUT2D eigenvalue weighted by atomic mass is 19.1. The zero-order valence-corrected chi connectivity index (χ0v) is 11.7. The van der Waals surface area contributed by atoms with Crippen LogP contribution in [-0.4, -0.2) is 20.0 Å². The lowest BCUT2D eigenvalue weighted by atomic mass is 10.0. The van der Waals surface area contributed by atoms with Crippen LogP contribution in [0.2, 0.25) is 0 Å². The SMILES string of the molecule is COc1cccc(OC)c1C(=O)Cc1ccc(F)cc1F. The van der Waals surface area contributed by atoms with Crippen molar-refractivity contribution < 1.29 is 23.0 Å². The summed E-state index contributed by atoms with van der Waals surface area (Å²) in [6.07, 6.45) is -0.206. The molecule has 0 radical (unpaired) electrons. The number of rotatable bonds is 5. The molecule has 0 spiro atoms. The lowest BCUT2D eigenvalue weighted by Gasteiger charge is -2.12. The second-order valence-corrected chi connectivity index (χ2v) is 4.37. The van der Waals surface area contributed by atoms with Crippen molar-refractivity contribution in [3.63, 3.8) is 0 Å². The number of benzene rings is 2. The predicted molar refractivity (Wildman–Crippen MR) is 73.9 cm³/mol. The summed E-state index contributed by atoms with van der Waals surface area (Å²) >= 11 is 0. The summed E-state index contributed by atoms with van der Waals surface area (Å²) in [6, 6.07) is 8.05. The maximum Gasteiger partial charge on any atom is 0.174 e. The van der Waals surface area contributed by atoms with Crippen molar-refractivity contribution in [3.05, 3.63) is 59.2 Å². The van der Waals surface area contributed by atoms with Crippen LogP contribution >= 0.6 is 0 Å². The molecule has 0 aliphatic rings. The summed E-state index contributed by atoms with van der Waals surface area (Å²) in [5.74, 6) is -1.10. The van der Waals surface area contributed by atoms with Gasteiger partial charge in [-0.1, -0.05) is 12.1 Å². The highest BCUT2D eigenvalue weighted by molar-refractivity contribution is 6.02. The van der Waals surface area contributed by atoms with Gasteiger partial charge in [0.05, 0.1) is 14.2 Å². The zero-order chi connectivity index (χ0) is 15.4. The molecule has 2 rings (SSSR count). The fourth-order valence-corrected chi connectivity index (χ4v) is 2.05. The summed E-state index contributed by atoms with van der Waals surface area (Å²) in [4.78, 5) is 12.4. The lowest BCUT2D eigenvalue weighted by molar-refractivity contribution is 0.0985. The van der Waals surface area contributed by atoms with E-state index in [9.17, 15) is 13.6 Å². The van der Waals surface area contributed by atoms with E-state index >= 15 is 0 Å². The van der Waals surface area contributed by atoms with Crippen LogP contribution in [0.5, 0.6) is 11.5 Å². The minimum atomic E-state index is -0.753. The molecule has 0 N–H and O–H groups in total. The van der Waals surface area contributed by atoms with Gasteiger partial charge in [0.15, 0.2) is 5.78 Å². The highest BCUT2D eigenvalue weighted by Crippen LogP contribution is 2.29. The monoisotopic (exact) mass is 292 g/mol. The Bertz CT molecular complexity index is 646. The first-order valence-electron chi connectivity index (χ1n) is 6.25. The molecule has 21 heavy (non-hydrogen) atoms. The topological polar surface area (TPSA) is 35.5 Å². The van der Waals surface area contributed by atoms with Gasteiger partial charge in [-0.3, -0.25) is 4.79 Å². The van der Waals surface area contributed by atoms with Crippen LogP contribution in [0.1, 0.15) is 15.9 Å². The van der Waals surface area contributed by atoms with Crippen molar-refractivity contribution in [3.8, 4) is 11.5 Å². The molecule has 0 aliphatic carbocycles. The van der Waals surface area contributed by atoms with Crippen molar-refractivity contribution in [2.24, 2.45) is 0 Å². The van der Waals surface area contributed by atoms with Gasteiger partial charge in [-0.15, -0.1) is 0 Å². The fourth-order valence-electron chi connectivity index (χ4n) is 2.05. The second kappa shape index (κ2) is 6.35. The molecule has 2 aromatic carbocycles. The van der Waals surface area contributed by atoms with Crippen LogP contribution in [0, 0.1) is 11.6 Å². The van der Waals surface area contributed by atoms with Crippen LogP contribution in [0.4, 0.5) is 8.78 Å². The first-order chi connectivity index (χ1) is 10.1. The molecule has 0 atom stereocenters. The minimum absolute atomic E-state index is 0.120. The molecule has 5 heteroatoms. The number of Topliss-reactive ketones (excluding diaryl/α,β-unsaturated/α-hetero) is 1. The average Bonchev–Trinajstić information content (AvgIpc) is 2.49. The van der Waals surface area contributed by atoms with Crippen molar-refractivity contribution in [2.75, 3.05) is 14.2 Å². The first kappa shape index (κ1) is 15.0. The van der Waals surface area contributed by atoms with Crippen LogP contribution in [-0.2, 0) is 6.42 Å². The summed E-state index contributed by atoms with van der Waals surface area (Å²) in [5.41, 5.74) is 0.362. The van der Waals surface area contributed by atoms with E-state index in [1.54, 1.807) is 18.2 Å². The van der Waals surface area contributed by atoms with Gasteiger partial charge in [-0.05, 0) is 23.8 Å². The van der Waals surface area contributed by atoms with Gasteiger partial charge in [0.1, 0.15) is 28.7 Å². The standard InChI is InChI=1S/C16H14F2O3/c1-20-14-4-3-5-15(21-2)16(14)13(19)8-10-6-7-11(17)9-12(10)18/h3-7,9H,8H2,1-2H3. The molecule has 0 aliphatic heterocycles. The molecule has 0 saturated carbocycles. The maximum absolute atomic E-state index is 13.6.